The van der Waals surface area contributed by atoms with E-state index in [9.17, 15) is 4.79 Å². The minimum atomic E-state index is 0.140. The molecule has 0 heterocycles. The number of fused-ring (bicyclic) bond motifs is 1. The van der Waals surface area contributed by atoms with E-state index in [-0.39, 0.29) is 5.41 Å². The molecule has 3 aliphatic rings. The Balaban J connectivity index is 2.19. The monoisotopic (exact) mass is 158 g/mol. The summed E-state index contributed by atoms with van der Waals surface area (Å²) >= 11 is 0. The second-order valence-corrected chi connectivity index (χ2v) is 3.97. The highest BCUT2D eigenvalue weighted by molar-refractivity contribution is 5.94. The summed E-state index contributed by atoms with van der Waals surface area (Å²) < 4.78 is 0. The van der Waals surface area contributed by atoms with Crippen molar-refractivity contribution in [1.29, 1.82) is 0 Å². The van der Waals surface area contributed by atoms with Crippen LogP contribution in [0.25, 0.3) is 0 Å². The molecular weight excluding hydrogens is 148 g/mol. The zero-order chi connectivity index (χ0) is 8.18. The van der Waals surface area contributed by atoms with Crippen molar-refractivity contribution >= 4 is 5.78 Å². The van der Waals surface area contributed by atoms with E-state index in [1.165, 1.54) is 11.1 Å². The summed E-state index contributed by atoms with van der Waals surface area (Å²) in [5.74, 6) is 0.300. The molecule has 0 saturated carbocycles. The van der Waals surface area contributed by atoms with Crippen LogP contribution in [0.5, 0.6) is 0 Å². The molecule has 12 heavy (non-hydrogen) atoms. The number of hydrogen-bond donors (Lipinski definition) is 0. The van der Waals surface area contributed by atoms with E-state index in [0.717, 1.165) is 12.8 Å². The van der Waals surface area contributed by atoms with Crippen molar-refractivity contribution in [3.63, 3.8) is 0 Å². The standard InChI is InChI=1S/C11H10O/c12-10-5-8-4-9-2-1-3-11(9,6-8)7-10/h1,3-5H,2,6-7H2. The highest BCUT2D eigenvalue weighted by atomic mass is 16.1. The van der Waals surface area contributed by atoms with Crippen molar-refractivity contribution in [2.75, 3.05) is 0 Å². The lowest BCUT2D eigenvalue weighted by Gasteiger charge is -2.26. The van der Waals surface area contributed by atoms with Crippen molar-refractivity contribution in [1.82, 2.24) is 0 Å². The summed E-state index contributed by atoms with van der Waals surface area (Å²) in [7, 11) is 0. The molecule has 60 valence electrons. The molecule has 0 radical (unpaired) electrons. The molecule has 0 aromatic heterocycles. The van der Waals surface area contributed by atoms with Crippen LogP contribution in [0.3, 0.4) is 0 Å². The summed E-state index contributed by atoms with van der Waals surface area (Å²) in [4.78, 5) is 11.3. The number of ketones is 1. The predicted molar refractivity (Wildman–Crippen MR) is 46.6 cm³/mol. The number of allylic oxidation sites excluding steroid dienone is 6. The molecule has 0 fully saturated rings. The summed E-state index contributed by atoms with van der Waals surface area (Å²) in [6, 6.07) is 0. The van der Waals surface area contributed by atoms with Crippen LogP contribution in [0.15, 0.2) is 35.5 Å². The highest BCUT2D eigenvalue weighted by Crippen LogP contribution is 2.53. The van der Waals surface area contributed by atoms with Gasteiger partial charge in [0.15, 0.2) is 5.78 Å². The molecule has 1 unspecified atom stereocenters. The maximum absolute atomic E-state index is 11.3. The molecule has 0 aromatic rings. The lowest BCUT2D eigenvalue weighted by molar-refractivity contribution is -0.116. The van der Waals surface area contributed by atoms with Crippen molar-refractivity contribution in [3.8, 4) is 0 Å². The SMILES string of the molecule is O=C1C=C2C=C3CC=CC3(C1)C2. The lowest BCUT2D eigenvalue weighted by Crippen LogP contribution is -2.21. The van der Waals surface area contributed by atoms with Gasteiger partial charge in [-0.15, -0.1) is 0 Å². The molecule has 1 heteroatoms. The van der Waals surface area contributed by atoms with E-state index in [0.29, 0.717) is 12.2 Å². The third kappa shape index (κ3) is 0.619. The summed E-state index contributed by atoms with van der Waals surface area (Å²) in [5.41, 5.74) is 2.84. The van der Waals surface area contributed by atoms with Gasteiger partial charge in [-0.1, -0.05) is 23.8 Å². The topological polar surface area (TPSA) is 17.1 Å². The fraction of sp³-hybridized carbons (Fsp3) is 0.364. The Morgan fingerprint density at radius 2 is 2.17 bits per heavy atom. The molecule has 1 atom stereocenters. The van der Waals surface area contributed by atoms with Gasteiger partial charge in [-0.3, -0.25) is 4.79 Å². The van der Waals surface area contributed by atoms with Crippen LogP contribution in [0.1, 0.15) is 19.3 Å². The number of carbonyl (C=O) groups is 1. The average molecular weight is 158 g/mol. The first-order chi connectivity index (χ1) is 5.78. The maximum Gasteiger partial charge on any atom is 0.157 e. The van der Waals surface area contributed by atoms with Crippen LogP contribution in [-0.2, 0) is 4.79 Å². The predicted octanol–water partition coefficient (Wildman–Crippen LogP) is 2.16. The van der Waals surface area contributed by atoms with Gasteiger partial charge in [0.1, 0.15) is 0 Å². The van der Waals surface area contributed by atoms with Gasteiger partial charge in [0.05, 0.1) is 0 Å². The second kappa shape index (κ2) is 1.79. The smallest absolute Gasteiger partial charge is 0.157 e. The van der Waals surface area contributed by atoms with Crippen LogP contribution in [0.2, 0.25) is 0 Å². The van der Waals surface area contributed by atoms with Gasteiger partial charge in [-0.25, -0.2) is 0 Å². The van der Waals surface area contributed by atoms with Gasteiger partial charge < -0.3 is 0 Å². The van der Waals surface area contributed by atoms with Crippen LogP contribution in [0, 0.1) is 5.41 Å². The zero-order valence-electron chi connectivity index (χ0n) is 6.84. The number of hydrogen-bond acceptors (Lipinski definition) is 1. The molecule has 1 spiro atoms. The Morgan fingerprint density at radius 3 is 3.08 bits per heavy atom. The third-order valence-corrected chi connectivity index (χ3v) is 3.13. The Kier molecular flexibility index (Phi) is 0.957. The van der Waals surface area contributed by atoms with Gasteiger partial charge in [0.2, 0.25) is 0 Å². The van der Waals surface area contributed by atoms with Gasteiger partial charge >= 0.3 is 0 Å². The fourth-order valence-electron chi connectivity index (χ4n) is 2.63. The molecule has 3 aliphatic carbocycles. The molecule has 0 aliphatic heterocycles. The summed E-state index contributed by atoms with van der Waals surface area (Å²) in [6.45, 7) is 0. The second-order valence-electron chi connectivity index (χ2n) is 3.97. The lowest BCUT2D eigenvalue weighted by atomic mass is 9.76. The van der Waals surface area contributed by atoms with Crippen LogP contribution in [-0.4, -0.2) is 5.78 Å². The molecular formula is C11H10O. The van der Waals surface area contributed by atoms with E-state index in [1.807, 2.05) is 6.08 Å². The zero-order valence-corrected chi connectivity index (χ0v) is 6.84. The number of rotatable bonds is 0. The Hall–Kier alpha value is -1.11. The van der Waals surface area contributed by atoms with Crippen LogP contribution in [0.4, 0.5) is 0 Å². The molecule has 1 nitrogen and oxygen atoms in total. The highest BCUT2D eigenvalue weighted by Gasteiger charge is 2.42. The van der Waals surface area contributed by atoms with Crippen molar-refractivity contribution in [2.24, 2.45) is 5.41 Å². The fourth-order valence-corrected chi connectivity index (χ4v) is 2.63. The molecule has 0 saturated heterocycles. The van der Waals surface area contributed by atoms with Gasteiger partial charge in [-0.2, -0.15) is 0 Å². The van der Waals surface area contributed by atoms with Gasteiger partial charge in [0.25, 0.3) is 0 Å². The van der Waals surface area contributed by atoms with E-state index in [4.69, 9.17) is 0 Å². The first-order valence-electron chi connectivity index (χ1n) is 4.41. The largest absolute Gasteiger partial charge is 0.295 e. The minimum absolute atomic E-state index is 0.140. The molecule has 0 N–H and O–H groups in total. The van der Waals surface area contributed by atoms with Crippen molar-refractivity contribution in [2.45, 2.75) is 19.3 Å². The third-order valence-electron chi connectivity index (χ3n) is 3.13. The average Bonchev–Trinajstić information content (AvgIpc) is 2.40. The van der Waals surface area contributed by atoms with Crippen molar-refractivity contribution < 1.29 is 4.79 Å². The maximum atomic E-state index is 11.3. The van der Waals surface area contributed by atoms with Crippen LogP contribution < -0.4 is 0 Å². The first kappa shape index (κ1) is 6.41. The molecule has 0 aromatic carbocycles. The molecule has 0 amide bonds. The molecule has 2 bridgehead atoms. The normalized spacial score (nSPS) is 36.5. The van der Waals surface area contributed by atoms with E-state index < -0.39 is 0 Å². The van der Waals surface area contributed by atoms with Gasteiger partial charge in [0, 0.05) is 11.8 Å². The summed E-state index contributed by atoms with van der Waals surface area (Å²) in [6.07, 6.45) is 11.3. The Labute approximate surface area is 71.5 Å². The quantitative estimate of drug-likeness (QED) is 0.494. The van der Waals surface area contributed by atoms with E-state index >= 15 is 0 Å². The Bertz CT molecular complexity index is 357. The summed E-state index contributed by atoms with van der Waals surface area (Å²) in [5, 5.41) is 0. The molecule has 3 rings (SSSR count). The van der Waals surface area contributed by atoms with E-state index in [1.54, 1.807) is 0 Å². The van der Waals surface area contributed by atoms with Crippen LogP contribution >= 0.6 is 0 Å². The van der Waals surface area contributed by atoms with Crippen molar-refractivity contribution in [3.05, 3.63) is 35.5 Å². The van der Waals surface area contributed by atoms with E-state index in [2.05, 4.69) is 18.2 Å². The first-order valence-corrected chi connectivity index (χ1v) is 4.41. The number of carbonyl (C=O) groups excluding carboxylic acids is 1. The minimum Gasteiger partial charge on any atom is -0.295 e. The van der Waals surface area contributed by atoms with Gasteiger partial charge in [-0.05, 0) is 24.5 Å². The Morgan fingerprint density at radius 1 is 1.25 bits per heavy atom.